The molecule has 2 atom stereocenters. The van der Waals surface area contributed by atoms with Crippen LogP contribution in [0.3, 0.4) is 0 Å². The van der Waals surface area contributed by atoms with Crippen molar-refractivity contribution in [3.8, 4) is 0 Å². The topological polar surface area (TPSA) is 56.2 Å². The summed E-state index contributed by atoms with van der Waals surface area (Å²) in [5, 5.41) is 8.02. The molecule has 118 valence electrons. The number of rotatable bonds is 7. The molecule has 0 saturated heterocycles. The third-order valence-corrected chi connectivity index (χ3v) is 4.16. The zero-order valence-electron chi connectivity index (χ0n) is 13.4. The molecule has 5 heteroatoms. The maximum atomic E-state index is 11.8. The smallest absolute Gasteiger partial charge is 0.312 e. The van der Waals surface area contributed by atoms with Crippen LogP contribution in [0.2, 0.25) is 0 Å². The van der Waals surface area contributed by atoms with E-state index < -0.39 is 0 Å². The summed E-state index contributed by atoms with van der Waals surface area (Å²) in [6.07, 6.45) is 4.75. The quantitative estimate of drug-likeness (QED) is 0.785. The summed E-state index contributed by atoms with van der Waals surface area (Å²) >= 11 is 0. The lowest BCUT2D eigenvalue weighted by Crippen LogP contribution is -2.34. The number of esters is 1. The highest BCUT2D eigenvalue weighted by Crippen LogP contribution is 2.28. The number of hydrogen-bond donors (Lipinski definition) is 1. The lowest BCUT2D eigenvalue weighted by atomic mass is 9.96. The van der Waals surface area contributed by atoms with Crippen LogP contribution >= 0.6 is 0 Å². The SMILES string of the molecule is CCCCC(CC)c1cc2n(n1)CC(C(=O)OCC)CN2. The molecule has 5 nitrogen and oxygen atoms in total. The Hall–Kier alpha value is -1.52. The van der Waals surface area contributed by atoms with Gasteiger partial charge in [0.25, 0.3) is 0 Å². The number of nitrogens with one attached hydrogen (secondary N) is 1. The van der Waals surface area contributed by atoms with Gasteiger partial charge in [0, 0.05) is 18.5 Å². The van der Waals surface area contributed by atoms with Crippen molar-refractivity contribution in [1.82, 2.24) is 9.78 Å². The number of fused-ring (bicyclic) bond motifs is 1. The van der Waals surface area contributed by atoms with E-state index in [0.29, 0.717) is 25.6 Å². The van der Waals surface area contributed by atoms with Crippen molar-refractivity contribution in [2.24, 2.45) is 5.92 Å². The minimum Gasteiger partial charge on any atom is -0.466 e. The van der Waals surface area contributed by atoms with Gasteiger partial charge in [0.05, 0.1) is 24.8 Å². The zero-order chi connectivity index (χ0) is 15.2. The molecule has 2 unspecified atom stereocenters. The van der Waals surface area contributed by atoms with Crippen LogP contribution in [0.4, 0.5) is 5.82 Å². The molecule has 2 rings (SSSR count). The first-order valence-electron chi connectivity index (χ1n) is 8.17. The third-order valence-electron chi connectivity index (χ3n) is 4.16. The van der Waals surface area contributed by atoms with Gasteiger partial charge in [-0.3, -0.25) is 4.79 Å². The average molecular weight is 293 g/mol. The minimum atomic E-state index is -0.138. The molecule has 0 radical (unpaired) electrons. The van der Waals surface area contributed by atoms with Crippen LogP contribution in [0, 0.1) is 5.92 Å². The van der Waals surface area contributed by atoms with Gasteiger partial charge in [-0.05, 0) is 19.8 Å². The maximum absolute atomic E-state index is 11.8. The highest BCUT2D eigenvalue weighted by Gasteiger charge is 2.27. The van der Waals surface area contributed by atoms with Gasteiger partial charge in [-0.1, -0.05) is 26.7 Å². The summed E-state index contributed by atoms with van der Waals surface area (Å²) in [7, 11) is 0. The van der Waals surface area contributed by atoms with Gasteiger partial charge in [-0.15, -0.1) is 0 Å². The summed E-state index contributed by atoms with van der Waals surface area (Å²) in [5.41, 5.74) is 1.15. The third kappa shape index (κ3) is 3.77. The molecule has 0 amide bonds. The highest BCUT2D eigenvalue weighted by molar-refractivity contribution is 5.73. The molecule has 0 fully saturated rings. The summed E-state index contributed by atoms with van der Waals surface area (Å²) in [5.74, 6) is 1.28. The van der Waals surface area contributed by atoms with Crippen LogP contribution in [0.25, 0.3) is 0 Å². The van der Waals surface area contributed by atoms with Gasteiger partial charge in [-0.25, -0.2) is 4.68 Å². The Kier molecular flexibility index (Phi) is 5.65. The van der Waals surface area contributed by atoms with E-state index in [-0.39, 0.29) is 11.9 Å². The summed E-state index contributed by atoms with van der Waals surface area (Å²) in [4.78, 5) is 11.8. The molecule has 0 spiro atoms. The fraction of sp³-hybridized carbons (Fsp3) is 0.750. The number of carbonyl (C=O) groups excluding carboxylic acids is 1. The Balaban J connectivity index is 2.06. The maximum Gasteiger partial charge on any atom is 0.312 e. The molecule has 1 aromatic rings. The van der Waals surface area contributed by atoms with E-state index in [1.165, 1.54) is 19.3 Å². The average Bonchev–Trinajstić information content (AvgIpc) is 2.91. The van der Waals surface area contributed by atoms with Crippen LogP contribution in [-0.2, 0) is 16.1 Å². The Bertz CT molecular complexity index is 470. The molecule has 0 aromatic carbocycles. The van der Waals surface area contributed by atoms with Gasteiger partial charge in [0.15, 0.2) is 0 Å². The monoisotopic (exact) mass is 293 g/mol. The molecule has 21 heavy (non-hydrogen) atoms. The Labute approximate surface area is 127 Å². The Morgan fingerprint density at radius 2 is 2.33 bits per heavy atom. The van der Waals surface area contributed by atoms with Crippen LogP contribution < -0.4 is 5.32 Å². The molecule has 1 aliphatic heterocycles. The van der Waals surface area contributed by atoms with Crippen molar-refractivity contribution in [3.05, 3.63) is 11.8 Å². The predicted octanol–water partition coefficient (Wildman–Crippen LogP) is 3.17. The van der Waals surface area contributed by atoms with Crippen molar-refractivity contribution < 1.29 is 9.53 Å². The first-order chi connectivity index (χ1) is 10.2. The number of hydrogen-bond acceptors (Lipinski definition) is 4. The summed E-state index contributed by atoms with van der Waals surface area (Å²) < 4.78 is 7.03. The van der Waals surface area contributed by atoms with Crippen LogP contribution in [0.1, 0.15) is 58.1 Å². The zero-order valence-corrected chi connectivity index (χ0v) is 13.4. The summed E-state index contributed by atoms with van der Waals surface area (Å²) in [6, 6.07) is 2.14. The molecule has 2 heterocycles. The lowest BCUT2D eigenvalue weighted by molar-refractivity contribution is -0.148. The van der Waals surface area contributed by atoms with Crippen LogP contribution in [-0.4, -0.2) is 28.9 Å². The van der Waals surface area contributed by atoms with Gasteiger partial charge >= 0.3 is 5.97 Å². The second-order valence-corrected chi connectivity index (χ2v) is 5.71. The van der Waals surface area contributed by atoms with E-state index in [1.54, 1.807) is 0 Å². The van der Waals surface area contributed by atoms with E-state index in [0.717, 1.165) is 17.9 Å². The highest BCUT2D eigenvalue weighted by atomic mass is 16.5. The number of anilines is 1. The largest absolute Gasteiger partial charge is 0.466 e. The number of ether oxygens (including phenoxy) is 1. The van der Waals surface area contributed by atoms with Crippen molar-refractivity contribution in [1.29, 1.82) is 0 Å². The fourth-order valence-electron chi connectivity index (χ4n) is 2.85. The van der Waals surface area contributed by atoms with E-state index in [4.69, 9.17) is 9.84 Å². The first-order valence-corrected chi connectivity index (χ1v) is 8.17. The van der Waals surface area contributed by atoms with Gasteiger partial charge in [0.2, 0.25) is 0 Å². The molecular weight excluding hydrogens is 266 g/mol. The van der Waals surface area contributed by atoms with Crippen LogP contribution in [0.5, 0.6) is 0 Å². The molecule has 0 aliphatic carbocycles. The Morgan fingerprint density at radius 1 is 1.52 bits per heavy atom. The fourth-order valence-corrected chi connectivity index (χ4v) is 2.85. The van der Waals surface area contributed by atoms with E-state index >= 15 is 0 Å². The standard InChI is InChI=1S/C16H27N3O2/c1-4-7-8-12(5-2)14-9-15-17-10-13(11-19(15)18-14)16(20)21-6-3/h9,12-13,17H,4-8,10-11H2,1-3H3. The van der Waals surface area contributed by atoms with Crippen molar-refractivity contribution in [3.63, 3.8) is 0 Å². The predicted molar refractivity (Wildman–Crippen MR) is 83.4 cm³/mol. The van der Waals surface area contributed by atoms with Gasteiger partial charge in [0.1, 0.15) is 5.82 Å². The van der Waals surface area contributed by atoms with Crippen molar-refractivity contribution >= 4 is 11.8 Å². The molecule has 1 aliphatic rings. The van der Waals surface area contributed by atoms with E-state index in [2.05, 4.69) is 25.2 Å². The lowest BCUT2D eigenvalue weighted by Gasteiger charge is -2.23. The molecule has 1 aromatic heterocycles. The molecule has 0 bridgehead atoms. The molecule has 0 saturated carbocycles. The summed E-state index contributed by atoms with van der Waals surface area (Å²) in [6.45, 7) is 7.96. The van der Waals surface area contributed by atoms with Crippen molar-refractivity contribution in [2.45, 2.75) is 58.9 Å². The normalized spacial score (nSPS) is 18.7. The van der Waals surface area contributed by atoms with Gasteiger partial charge in [-0.2, -0.15) is 5.10 Å². The van der Waals surface area contributed by atoms with E-state index in [9.17, 15) is 4.79 Å². The number of nitrogens with zero attached hydrogens (tertiary/aromatic N) is 2. The van der Waals surface area contributed by atoms with E-state index in [1.807, 2.05) is 11.6 Å². The molecular formula is C16H27N3O2. The minimum absolute atomic E-state index is 0.134. The Morgan fingerprint density at radius 3 is 3.00 bits per heavy atom. The van der Waals surface area contributed by atoms with Gasteiger partial charge < -0.3 is 10.1 Å². The van der Waals surface area contributed by atoms with Crippen LogP contribution in [0.15, 0.2) is 6.07 Å². The molecule has 1 N–H and O–H groups in total. The van der Waals surface area contributed by atoms with Crippen molar-refractivity contribution in [2.75, 3.05) is 18.5 Å². The second-order valence-electron chi connectivity index (χ2n) is 5.71. The number of carbonyl (C=O) groups is 1. The number of unbranched alkanes of at least 4 members (excludes halogenated alkanes) is 1. The second kappa shape index (κ2) is 7.48. The first kappa shape index (κ1) is 15.9. The number of aromatic nitrogens is 2.